The van der Waals surface area contributed by atoms with Gasteiger partial charge in [-0.25, -0.2) is 9.18 Å². The third kappa shape index (κ3) is 2.80. The van der Waals surface area contributed by atoms with Crippen LogP contribution in [0.3, 0.4) is 0 Å². The minimum Gasteiger partial charge on any atom is -0.463 e. The Morgan fingerprint density at radius 1 is 2.00 bits per heavy atom. The third-order valence-electron chi connectivity index (χ3n) is 0.465. The van der Waals surface area contributed by atoms with Crippen molar-refractivity contribution in [2.24, 2.45) is 0 Å². The van der Waals surface area contributed by atoms with Gasteiger partial charge < -0.3 is 4.74 Å². The van der Waals surface area contributed by atoms with E-state index in [0.29, 0.717) is 0 Å². The number of rotatable bonds is 2. The van der Waals surface area contributed by atoms with Gasteiger partial charge in [-0.2, -0.15) is 0 Å². The highest BCUT2D eigenvalue weighted by Crippen LogP contribution is 1.98. The molecule has 0 N–H and O–H groups in total. The fourth-order valence-corrected chi connectivity index (χ4v) is 0.268. The molecule has 0 rings (SSSR count). The van der Waals surface area contributed by atoms with E-state index < -0.39 is 11.6 Å². The number of carbonyl (C=O) groups excluding carboxylic acids is 1. The Labute approximate surface area is 51.6 Å². The quantitative estimate of drug-likeness (QED) is 0.424. The fourth-order valence-electron chi connectivity index (χ4n) is 0.205. The van der Waals surface area contributed by atoms with E-state index >= 15 is 0 Å². The van der Waals surface area contributed by atoms with Crippen LogP contribution in [0.25, 0.3) is 0 Å². The van der Waals surface area contributed by atoms with Crippen LogP contribution in [0.4, 0.5) is 4.39 Å². The van der Waals surface area contributed by atoms with Gasteiger partial charge in [-0.15, -0.1) is 0 Å². The molecule has 8 heavy (non-hydrogen) atoms. The molecule has 0 aromatic heterocycles. The first kappa shape index (κ1) is 7.69. The maximum atomic E-state index is 11.6. The largest absolute Gasteiger partial charge is 0.463 e. The van der Waals surface area contributed by atoms with Gasteiger partial charge in [0.25, 0.3) is 5.63 Å². The van der Waals surface area contributed by atoms with E-state index in [1.54, 1.807) is 6.92 Å². The van der Waals surface area contributed by atoms with E-state index in [0.717, 1.165) is 0 Å². The van der Waals surface area contributed by atoms with E-state index in [1.165, 1.54) is 0 Å². The Hall–Kier alpha value is -0.310. The van der Waals surface area contributed by atoms with Crippen LogP contribution in [-0.2, 0) is 9.53 Å². The minimum atomic E-state index is -2.02. The molecule has 2 nitrogen and oxygen atoms in total. The second-order valence-electron chi connectivity index (χ2n) is 1.05. The van der Waals surface area contributed by atoms with Crippen molar-refractivity contribution in [3.05, 3.63) is 0 Å². The Balaban J connectivity index is 3.33. The van der Waals surface area contributed by atoms with Crippen LogP contribution in [0, 0.1) is 0 Å². The molecule has 0 bridgehead atoms. The topological polar surface area (TPSA) is 26.3 Å². The Kier molecular flexibility index (Phi) is 3.52. The van der Waals surface area contributed by atoms with Crippen LogP contribution >= 0.6 is 11.6 Å². The predicted octanol–water partition coefficient (Wildman–Crippen LogP) is 1.08. The van der Waals surface area contributed by atoms with E-state index in [9.17, 15) is 9.18 Å². The molecule has 1 atom stereocenters. The van der Waals surface area contributed by atoms with Crippen LogP contribution in [0.2, 0.25) is 0 Å². The van der Waals surface area contributed by atoms with E-state index in [-0.39, 0.29) is 6.61 Å². The summed E-state index contributed by atoms with van der Waals surface area (Å²) < 4.78 is 15.7. The normalized spacial score (nSPS) is 12.9. The van der Waals surface area contributed by atoms with Gasteiger partial charge in [-0.3, -0.25) is 0 Å². The van der Waals surface area contributed by atoms with Crippen molar-refractivity contribution >= 4 is 17.6 Å². The molecule has 0 aliphatic rings. The molecule has 4 heteroatoms. The Morgan fingerprint density at radius 3 is 2.62 bits per heavy atom. The van der Waals surface area contributed by atoms with Crippen LogP contribution in [0.1, 0.15) is 6.92 Å². The highest BCUT2D eigenvalue weighted by molar-refractivity contribution is 6.28. The monoisotopic (exact) mass is 140 g/mol. The molecule has 0 aliphatic carbocycles. The highest BCUT2D eigenvalue weighted by Gasteiger charge is 2.12. The molecular weight excluding hydrogens is 134 g/mol. The van der Waals surface area contributed by atoms with Crippen molar-refractivity contribution in [2.45, 2.75) is 12.6 Å². The maximum Gasteiger partial charge on any atom is 0.356 e. The van der Waals surface area contributed by atoms with Gasteiger partial charge in [0.2, 0.25) is 0 Å². The zero-order valence-corrected chi connectivity index (χ0v) is 5.11. The lowest BCUT2D eigenvalue weighted by molar-refractivity contribution is -0.145. The first-order valence-electron chi connectivity index (χ1n) is 2.13. The maximum absolute atomic E-state index is 11.6. The van der Waals surface area contributed by atoms with Crippen LogP contribution in [0.15, 0.2) is 0 Å². The summed E-state index contributed by atoms with van der Waals surface area (Å²) in [4.78, 5) is 10.0. The number of hydrogen-bond donors (Lipinski definition) is 0. The number of ether oxygens (including phenoxy) is 1. The smallest absolute Gasteiger partial charge is 0.356 e. The van der Waals surface area contributed by atoms with Gasteiger partial charge in [-0.05, 0) is 6.92 Å². The molecule has 0 radical (unpaired) electrons. The average molecular weight is 141 g/mol. The number of alkyl halides is 2. The zero-order valence-electron chi connectivity index (χ0n) is 4.36. The lowest BCUT2D eigenvalue weighted by Gasteiger charge is -1.97. The molecule has 0 amide bonds. The van der Waals surface area contributed by atoms with Gasteiger partial charge in [0.1, 0.15) is 0 Å². The minimum absolute atomic E-state index is 0.159. The summed E-state index contributed by atoms with van der Waals surface area (Å²) in [5.74, 6) is -1.02. The molecule has 0 heterocycles. The van der Waals surface area contributed by atoms with Crippen molar-refractivity contribution in [2.75, 3.05) is 6.61 Å². The van der Waals surface area contributed by atoms with Crippen molar-refractivity contribution in [3.8, 4) is 0 Å². The molecule has 0 fully saturated rings. The summed E-state index contributed by atoms with van der Waals surface area (Å²) >= 11 is 4.67. The number of hydrogen-bond acceptors (Lipinski definition) is 2. The summed E-state index contributed by atoms with van der Waals surface area (Å²) in [7, 11) is 0. The van der Waals surface area contributed by atoms with E-state index in [1.807, 2.05) is 0 Å². The summed E-state index contributed by atoms with van der Waals surface area (Å²) in [6.45, 7) is 1.74. The van der Waals surface area contributed by atoms with Crippen LogP contribution < -0.4 is 0 Å². The molecule has 48 valence electrons. The second kappa shape index (κ2) is 3.66. The van der Waals surface area contributed by atoms with Gasteiger partial charge in [0.05, 0.1) is 6.61 Å². The van der Waals surface area contributed by atoms with Gasteiger partial charge in [0, 0.05) is 0 Å². The number of esters is 1. The standard InChI is InChI=1S/C4H6ClFO2/c1-2-8-4(7)3(5)6/h3H,2H2,1H3. The lowest BCUT2D eigenvalue weighted by atomic mass is 10.7. The Morgan fingerprint density at radius 2 is 2.50 bits per heavy atom. The predicted molar refractivity (Wildman–Crippen MR) is 27.4 cm³/mol. The zero-order chi connectivity index (χ0) is 6.57. The summed E-state index contributed by atoms with van der Waals surface area (Å²) in [6, 6.07) is 0. The van der Waals surface area contributed by atoms with Crippen LogP contribution in [0.5, 0.6) is 0 Å². The third-order valence-corrected chi connectivity index (χ3v) is 0.643. The molecule has 0 saturated heterocycles. The first-order chi connectivity index (χ1) is 3.68. The molecule has 0 aromatic rings. The van der Waals surface area contributed by atoms with Crippen molar-refractivity contribution in [1.82, 2.24) is 0 Å². The fraction of sp³-hybridized carbons (Fsp3) is 0.750. The molecular formula is C4H6ClFO2. The first-order valence-corrected chi connectivity index (χ1v) is 2.57. The number of carbonyl (C=O) groups is 1. The van der Waals surface area contributed by atoms with E-state index in [4.69, 9.17) is 0 Å². The molecule has 0 aliphatic heterocycles. The van der Waals surface area contributed by atoms with Gasteiger partial charge in [0.15, 0.2) is 0 Å². The highest BCUT2D eigenvalue weighted by atomic mass is 35.5. The second-order valence-corrected chi connectivity index (χ2v) is 1.44. The number of halogens is 2. The van der Waals surface area contributed by atoms with E-state index in [2.05, 4.69) is 16.3 Å². The van der Waals surface area contributed by atoms with Crippen molar-refractivity contribution in [3.63, 3.8) is 0 Å². The Bertz CT molecular complexity index is 84.1. The summed E-state index contributed by atoms with van der Waals surface area (Å²) in [5, 5.41) is 0. The lowest BCUT2D eigenvalue weighted by Crippen LogP contribution is -2.12. The summed E-state index contributed by atoms with van der Waals surface area (Å²) in [6.07, 6.45) is 0. The SMILES string of the molecule is CCOC(=O)C(F)Cl. The van der Waals surface area contributed by atoms with Crippen molar-refractivity contribution < 1.29 is 13.9 Å². The summed E-state index contributed by atoms with van der Waals surface area (Å²) in [5.41, 5.74) is -2.02. The van der Waals surface area contributed by atoms with Gasteiger partial charge in [-0.1, -0.05) is 11.6 Å². The molecule has 0 spiro atoms. The molecule has 0 saturated carbocycles. The molecule has 0 aromatic carbocycles. The molecule has 1 unspecified atom stereocenters. The van der Waals surface area contributed by atoms with Crippen molar-refractivity contribution in [1.29, 1.82) is 0 Å². The average Bonchev–Trinajstić information content (AvgIpc) is 1.67. The van der Waals surface area contributed by atoms with Crippen LogP contribution in [-0.4, -0.2) is 18.2 Å². The van der Waals surface area contributed by atoms with Gasteiger partial charge >= 0.3 is 5.97 Å².